The summed E-state index contributed by atoms with van der Waals surface area (Å²) in [5.74, 6) is -0.336. The first-order valence-electron chi connectivity index (χ1n) is 8.77. The quantitative estimate of drug-likeness (QED) is 0.454. The van der Waals surface area contributed by atoms with Gasteiger partial charge in [-0.3, -0.25) is 14.9 Å². The average Bonchev–Trinajstić information content (AvgIpc) is 3.15. The summed E-state index contributed by atoms with van der Waals surface area (Å²) in [4.78, 5) is 27.6. The number of nitrogens with one attached hydrogen (secondary N) is 2. The van der Waals surface area contributed by atoms with E-state index in [1.807, 2.05) is 49.6 Å². The van der Waals surface area contributed by atoms with Crippen LogP contribution in [0.4, 0.5) is 11.4 Å². The van der Waals surface area contributed by atoms with Gasteiger partial charge in [-0.05, 0) is 26.0 Å². The number of hydrogen-bond donors (Lipinski definition) is 2. The molecule has 0 saturated heterocycles. The molecule has 0 bridgehead atoms. The molecule has 7 nitrogen and oxygen atoms in total. The van der Waals surface area contributed by atoms with Crippen LogP contribution in [0.25, 0.3) is 10.6 Å². The maximum absolute atomic E-state index is 12.1. The van der Waals surface area contributed by atoms with Crippen LogP contribution in [0.15, 0.2) is 53.9 Å². The number of benzene rings is 2. The van der Waals surface area contributed by atoms with Crippen molar-refractivity contribution in [3.05, 3.63) is 75.3 Å². The fourth-order valence-corrected chi connectivity index (χ4v) is 3.43. The van der Waals surface area contributed by atoms with Crippen LogP contribution in [0.2, 0.25) is 0 Å². The van der Waals surface area contributed by atoms with E-state index in [1.54, 1.807) is 12.1 Å². The zero-order valence-corrected chi connectivity index (χ0v) is 16.3. The minimum absolute atomic E-state index is 0.0483. The lowest BCUT2D eigenvalue weighted by molar-refractivity contribution is -0.384. The number of hydrogen-bond acceptors (Lipinski definition) is 6. The van der Waals surface area contributed by atoms with Gasteiger partial charge in [0.05, 0.1) is 17.2 Å². The molecule has 2 aromatic carbocycles. The van der Waals surface area contributed by atoms with Crippen LogP contribution in [-0.2, 0) is 6.54 Å². The molecule has 0 fully saturated rings. The van der Waals surface area contributed by atoms with Crippen LogP contribution in [0.1, 0.15) is 29.9 Å². The van der Waals surface area contributed by atoms with Gasteiger partial charge >= 0.3 is 0 Å². The van der Waals surface area contributed by atoms with Crippen molar-refractivity contribution in [2.45, 2.75) is 26.4 Å². The molecular formula is C20H20N4O3S. The van der Waals surface area contributed by atoms with E-state index >= 15 is 0 Å². The maximum Gasteiger partial charge on any atom is 0.293 e. The number of rotatable bonds is 7. The van der Waals surface area contributed by atoms with Gasteiger partial charge in [-0.2, -0.15) is 0 Å². The molecule has 0 unspecified atom stereocenters. The summed E-state index contributed by atoms with van der Waals surface area (Å²) >= 11 is 1.52. The van der Waals surface area contributed by atoms with Crippen LogP contribution in [0.5, 0.6) is 0 Å². The predicted molar refractivity (Wildman–Crippen MR) is 111 cm³/mol. The summed E-state index contributed by atoms with van der Waals surface area (Å²) in [6.45, 7) is 4.02. The first-order chi connectivity index (χ1) is 13.4. The van der Waals surface area contributed by atoms with Crippen LogP contribution in [0, 0.1) is 10.1 Å². The summed E-state index contributed by atoms with van der Waals surface area (Å²) in [5, 5.41) is 20.0. The lowest BCUT2D eigenvalue weighted by atomic mass is 10.1. The van der Waals surface area contributed by atoms with Crippen molar-refractivity contribution in [1.29, 1.82) is 0 Å². The number of amides is 1. The van der Waals surface area contributed by atoms with E-state index in [9.17, 15) is 14.9 Å². The SMILES string of the molecule is CC(C)NC(=O)c1ccc(NCc2csc(-c3ccccc3)n2)c([N+](=O)[O-])c1. The second-order valence-corrected chi connectivity index (χ2v) is 7.34. The van der Waals surface area contributed by atoms with Crippen molar-refractivity contribution in [2.24, 2.45) is 0 Å². The molecule has 3 aromatic rings. The number of nitro groups is 1. The third kappa shape index (κ3) is 4.72. The maximum atomic E-state index is 12.1. The molecule has 0 aliphatic carbocycles. The fourth-order valence-electron chi connectivity index (χ4n) is 2.61. The number of carbonyl (C=O) groups excluding carboxylic acids is 1. The van der Waals surface area contributed by atoms with E-state index in [0.717, 1.165) is 16.3 Å². The smallest absolute Gasteiger partial charge is 0.293 e. The third-order valence-electron chi connectivity index (χ3n) is 3.91. The molecule has 1 heterocycles. The minimum Gasteiger partial charge on any atom is -0.374 e. The molecule has 0 saturated carbocycles. The molecule has 0 aliphatic heterocycles. The lowest BCUT2D eigenvalue weighted by Crippen LogP contribution is -2.30. The van der Waals surface area contributed by atoms with Crippen LogP contribution in [0.3, 0.4) is 0 Å². The van der Waals surface area contributed by atoms with Gasteiger partial charge in [0, 0.05) is 28.6 Å². The Balaban J connectivity index is 1.74. The Kier molecular flexibility index (Phi) is 6.00. The molecule has 0 spiro atoms. The second-order valence-electron chi connectivity index (χ2n) is 6.48. The predicted octanol–water partition coefficient (Wildman–Crippen LogP) is 4.47. The average molecular weight is 396 g/mol. The summed E-state index contributed by atoms with van der Waals surface area (Å²) < 4.78 is 0. The van der Waals surface area contributed by atoms with Gasteiger partial charge in [0.1, 0.15) is 10.7 Å². The van der Waals surface area contributed by atoms with E-state index < -0.39 is 4.92 Å². The molecule has 3 rings (SSSR count). The van der Waals surface area contributed by atoms with E-state index in [4.69, 9.17) is 0 Å². The standard InChI is InChI=1S/C20H20N4O3S/c1-13(2)22-19(25)15-8-9-17(18(10-15)24(26)27)21-11-16-12-28-20(23-16)14-6-4-3-5-7-14/h3-10,12-13,21H,11H2,1-2H3,(H,22,25). The number of nitrogens with zero attached hydrogens (tertiary/aromatic N) is 2. The van der Waals surface area contributed by atoms with Gasteiger partial charge in [-0.15, -0.1) is 11.3 Å². The molecule has 28 heavy (non-hydrogen) atoms. The van der Waals surface area contributed by atoms with E-state index in [0.29, 0.717) is 12.2 Å². The van der Waals surface area contributed by atoms with E-state index in [1.165, 1.54) is 17.4 Å². The van der Waals surface area contributed by atoms with Crippen LogP contribution in [-0.4, -0.2) is 21.9 Å². The zero-order valence-electron chi connectivity index (χ0n) is 15.5. The Morgan fingerprint density at radius 3 is 2.64 bits per heavy atom. The summed E-state index contributed by atoms with van der Waals surface area (Å²) in [6.07, 6.45) is 0. The molecule has 1 aromatic heterocycles. The number of anilines is 1. The highest BCUT2D eigenvalue weighted by Gasteiger charge is 2.18. The van der Waals surface area contributed by atoms with Crippen molar-refractivity contribution in [1.82, 2.24) is 10.3 Å². The topological polar surface area (TPSA) is 97.2 Å². The largest absolute Gasteiger partial charge is 0.374 e. The van der Waals surface area contributed by atoms with Gasteiger partial charge in [0.15, 0.2) is 0 Å². The fraction of sp³-hybridized carbons (Fsp3) is 0.200. The molecule has 0 radical (unpaired) electrons. The number of thiazole rings is 1. The second kappa shape index (κ2) is 8.62. The summed E-state index contributed by atoms with van der Waals surface area (Å²) in [6, 6.07) is 14.2. The Morgan fingerprint density at radius 2 is 1.96 bits per heavy atom. The number of aromatic nitrogens is 1. The van der Waals surface area contributed by atoms with Crippen molar-refractivity contribution in [3.8, 4) is 10.6 Å². The molecule has 144 valence electrons. The summed E-state index contributed by atoms with van der Waals surface area (Å²) in [5.41, 5.74) is 2.28. The first kappa shape index (κ1) is 19.5. The van der Waals surface area contributed by atoms with Crippen LogP contribution < -0.4 is 10.6 Å². The normalized spacial score (nSPS) is 10.7. The van der Waals surface area contributed by atoms with Gasteiger partial charge in [0.2, 0.25) is 0 Å². The minimum atomic E-state index is -0.495. The highest BCUT2D eigenvalue weighted by atomic mass is 32.1. The molecule has 1 amide bonds. The van der Waals surface area contributed by atoms with E-state index in [-0.39, 0.29) is 23.2 Å². The van der Waals surface area contributed by atoms with Crippen molar-refractivity contribution < 1.29 is 9.72 Å². The molecular weight excluding hydrogens is 376 g/mol. The van der Waals surface area contributed by atoms with Crippen molar-refractivity contribution >= 4 is 28.6 Å². The molecule has 0 aliphatic rings. The molecule has 0 atom stereocenters. The Labute approximate surface area is 166 Å². The van der Waals surface area contributed by atoms with Gasteiger partial charge in [0.25, 0.3) is 11.6 Å². The number of carbonyl (C=O) groups is 1. The zero-order chi connectivity index (χ0) is 20.1. The Morgan fingerprint density at radius 1 is 1.21 bits per heavy atom. The van der Waals surface area contributed by atoms with Crippen LogP contribution >= 0.6 is 11.3 Å². The highest BCUT2D eigenvalue weighted by molar-refractivity contribution is 7.13. The van der Waals surface area contributed by atoms with E-state index in [2.05, 4.69) is 15.6 Å². The van der Waals surface area contributed by atoms with Gasteiger partial charge in [-0.1, -0.05) is 30.3 Å². The molecule has 8 heteroatoms. The Bertz CT molecular complexity index is 986. The Hall–Kier alpha value is -3.26. The summed E-state index contributed by atoms with van der Waals surface area (Å²) in [7, 11) is 0. The lowest BCUT2D eigenvalue weighted by Gasteiger charge is -2.10. The van der Waals surface area contributed by atoms with Gasteiger partial charge < -0.3 is 10.6 Å². The monoisotopic (exact) mass is 396 g/mol. The van der Waals surface area contributed by atoms with Gasteiger partial charge in [-0.25, -0.2) is 4.98 Å². The van der Waals surface area contributed by atoms with Crippen molar-refractivity contribution in [2.75, 3.05) is 5.32 Å². The first-order valence-corrected chi connectivity index (χ1v) is 9.65. The van der Waals surface area contributed by atoms with Crippen molar-refractivity contribution in [3.63, 3.8) is 0 Å². The molecule has 2 N–H and O–H groups in total. The third-order valence-corrected chi connectivity index (χ3v) is 4.85. The number of nitro benzene ring substituents is 1. The highest BCUT2D eigenvalue weighted by Crippen LogP contribution is 2.27.